The molecule has 102 valence electrons. The Kier molecular flexibility index (Phi) is 6.81. The predicted octanol–water partition coefficient (Wildman–Crippen LogP) is 3.67. The maximum Gasteiger partial charge on any atom is 0.119 e. The van der Waals surface area contributed by atoms with E-state index in [9.17, 15) is 5.11 Å². The lowest BCUT2D eigenvalue weighted by Crippen LogP contribution is -2.14. The topological polar surface area (TPSA) is 29.5 Å². The molecule has 1 aromatic rings. The van der Waals surface area contributed by atoms with Crippen LogP contribution in [-0.2, 0) is 6.42 Å². The lowest BCUT2D eigenvalue weighted by Gasteiger charge is -2.20. The SMILES string of the molecule is CCC(CC)CC(CO)Cc1cccc(OC)c1. The lowest BCUT2D eigenvalue weighted by atomic mass is 9.87. The first-order chi connectivity index (χ1) is 8.73. The smallest absolute Gasteiger partial charge is 0.119 e. The van der Waals surface area contributed by atoms with E-state index in [-0.39, 0.29) is 6.61 Å². The summed E-state index contributed by atoms with van der Waals surface area (Å²) in [5, 5.41) is 9.52. The molecule has 0 bridgehead atoms. The van der Waals surface area contributed by atoms with Crippen molar-refractivity contribution < 1.29 is 9.84 Å². The molecule has 0 aliphatic rings. The Morgan fingerprint density at radius 1 is 1.17 bits per heavy atom. The first-order valence-corrected chi connectivity index (χ1v) is 6.97. The first kappa shape index (κ1) is 15.0. The van der Waals surface area contributed by atoms with Gasteiger partial charge in [0, 0.05) is 6.61 Å². The maximum atomic E-state index is 9.52. The number of rotatable bonds is 8. The Morgan fingerprint density at radius 3 is 2.44 bits per heavy atom. The second-order valence-corrected chi connectivity index (χ2v) is 5.02. The second-order valence-electron chi connectivity index (χ2n) is 5.02. The quantitative estimate of drug-likeness (QED) is 0.762. The van der Waals surface area contributed by atoms with Crippen LogP contribution in [0.4, 0.5) is 0 Å². The van der Waals surface area contributed by atoms with Crippen LogP contribution in [0.25, 0.3) is 0 Å². The monoisotopic (exact) mass is 250 g/mol. The van der Waals surface area contributed by atoms with Gasteiger partial charge in [-0.05, 0) is 42.4 Å². The van der Waals surface area contributed by atoms with Gasteiger partial charge in [0.2, 0.25) is 0 Å². The minimum atomic E-state index is 0.272. The van der Waals surface area contributed by atoms with E-state index in [1.54, 1.807) is 7.11 Å². The molecular formula is C16H26O2. The molecule has 1 atom stereocenters. The zero-order valence-corrected chi connectivity index (χ0v) is 11.9. The molecule has 2 heteroatoms. The van der Waals surface area contributed by atoms with Crippen LogP contribution in [-0.4, -0.2) is 18.8 Å². The summed E-state index contributed by atoms with van der Waals surface area (Å²) in [6, 6.07) is 8.14. The van der Waals surface area contributed by atoms with Gasteiger partial charge in [0.25, 0.3) is 0 Å². The van der Waals surface area contributed by atoms with Crippen LogP contribution < -0.4 is 4.74 Å². The molecule has 2 nitrogen and oxygen atoms in total. The Morgan fingerprint density at radius 2 is 1.89 bits per heavy atom. The number of benzene rings is 1. The Balaban J connectivity index is 2.61. The molecule has 0 aromatic heterocycles. The van der Waals surface area contributed by atoms with Gasteiger partial charge in [-0.1, -0.05) is 38.8 Å². The summed E-state index contributed by atoms with van der Waals surface area (Å²) in [7, 11) is 1.69. The average molecular weight is 250 g/mol. The van der Waals surface area contributed by atoms with Gasteiger partial charge in [-0.3, -0.25) is 0 Å². The third-order valence-electron chi connectivity index (χ3n) is 3.74. The van der Waals surface area contributed by atoms with E-state index in [1.807, 2.05) is 12.1 Å². The molecule has 0 amide bonds. The van der Waals surface area contributed by atoms with E-state index in [1.165, 1.54) is 18.4 Å². The summed E-state index contributed by atoms with van der Waals surface area (Å²) < 4.78 is 5.23. The molecule has 0 aliphatic carbocycles. The summed E-state index contributed by atoms with van der Waals surface area (Å²) in [6.45, 7) is 4.73. The van der Waals surface area contributed by atoms with Gasteiger partial charge in [-0.2, -0.15) is 0 Å². The molecular weight excluding hydrogens is 224 g/mol. The molecule has 0 heterocycles. The van der Waals surface area contributed by atoms with Crippen molar-refractivity contribution in [1.82, 2.24) is 0 Å². The van der Waals surface area contributed by atoms with Crippen LogP contribution in [0, 0.1) is 11.8 Å². The number of hydrogen-bond donors (Lipinski definition) is 1. The fraction of sp³-hybridized carbons (Fsp3) is 0.625. The average Bonchev–Trinajstić information content (AvgIpc) is 2.43. The van der Waals surface area contributed by atoms with Gasteiger partial charge < -0.3 is 9.84 Å². The third-order valence-corrected chi connectivity index (χ3v) is 3.74. The Labute approximate surface area is 111 Å². The molecule has 1 rings (SSSR count). The molecule has 0 radical (unpaired) electrons. The third kappa shape index (κ3) is 4.69. The van der Waals surface area contributed by atoms with Crippen LogP contribution >= 0.6 is 0 Å². The van der Waals surface area contributed by atoms with Crippen molar-refractivity contribution in [1.29, 1.82) is 0 Å². The summed E-state index contributed by atoms with van der Waals surface area (Å²) in [4.78, 5) is 0. The molecule has 0 fully saturated rings. The van der Waals surface area contributed by atoms with Crippen molar-refractivity contribution in [3.8, 4) is 5.75 Å². The van der Waals surface area contributed by atoms with E-state index in [2.05, 4.69) is 26.0 Å². The summed E-state index contributed by atoms with van der Waals surface area (Å²) >= 11 is 0. The first-order valence-electron chi connectivity index (χ1n) is 6.97. The number of aliphatic hydroxyl groups is 1. The number of aliphatic hydroxyl groups excluding tert-OH is 1. The molecule has 1 unspecified atom stereocenters. The standard InChI is InChI=1S/C16H26O2/c1-4-13(5-2)9-15(12-17)10-14-7-6-8-16(11-14)18-3/h6-8,11,13,15,17H,4-5,9-10,12H2,1-3H3. The van der Waals surface area contributed by atoms with Gasteiger partial charge in [0.05, 0.1) is 7.11 Å². The van der Waals surface area contributed by atoms with Gasteiger partial charge in [-0.15, -0.1) is 0 Å². The number of hydrogen-bond acceptors (Lipinski definition) is 2. The normalized spacial score (nSPS) is 12.7. The fourth-order valence-electron chi connectivity index (χ4n) is 2.45. The molecule has 1 aromatic carbocycles. The highest BCUT2D eigenvalue weighted by Gasteiger charge is 2.14. The molecule has 0 saturated carbocycles. The zero-order chi connectivity index (χ0) is 13.4. The largest absolute Gasteiger partial charge is 0.497 e. The van der Waals surface area contributed by atoms with Crippen molar-refractivity contribution >= 4 is 0 Å². The zero-order valence-electron chi connectivity index (χ0n) is 11.9. The van der Waals surface area contributed by atoms with Crippen molar-refractivity contribution in [2.24, 2.45) is 11.8 Å². The molecule has 0 aliphatic heterocycles. The molecule has 0 saturated heterocycles. The van der Waals surface area contributed by atoms with E-state index >= 15 is 0 Å². The van der Waals surface area contributed by atoms with Crippen molar-refractivity contribution in [2.45, 2.75) is 39.5 Å². The van der Waals surface area contributed by atoms with Crippen molar-refractivity contribution in [2.75, 3.05) is 13.7 Å². The second kappa shape index (κ2) is 8.15. The highest BCUT2D eigenvalue weighted by Crippen LogP contribution is 2.23. The minimum absolute atomic E-state index is 0.272. The summed E-state index contributed by atoms with van der Waals surface area (Å²) in [5.74, 6) is 1.99. The number of methoxy groups -OCH3 is 1. The maximum absolute atomic E-state index is 9.52. The summed E-state index contributed by atoms with van der Waals surface area (Å²) in [5.41, 5.74) is 1.25. The predicted molar refractivity (Wildman–Crippen MR) is 76.0 cm³/mol. The number of ether oxygens (including phenoxy) is 1. The fourth-order valence-corrected chi connectivity index (χ4v) is 2.45. The van der Waals surface area contributed by atoms with Crippen LogP contribution in [0.2, 0.25) is 0 Å². The van der Waals surface area contributed by atoms with Crippen LogP contribution in [0.1, 0.15) is 38.7 Å². The lowest BCUT2D eigenvalue weighted by molar-refractivity contribution is 0.196. The highest BCUT2D eigenvalue weighted by molar-refractivity contribution is 5.28. The molecule has 1 N–H and O–H groups in total. The van der Waals surface area contributed by atoms with Gasteiger partial charge in [-0.25, -0.2) is 0 Å². The highest BCUT2D eigenvalue weighted by atomic mass is 16.5. The van der Waals surface area contributed by atoms with E-state index in [0.29, 0.717) is 5.92 Å². The van der Waals surface area contributed by atoms with Crippen LogP contribution in [0.15, 0.2) is 24.3 Å². The van der Waals surface area contributed by atoms with E-state index in [0.717, 1.165) is 24.5 Å². The van der Waals surface area contributed by atoms with Crippen molar-refractivity contribution in [3.05, 3.63) is 29.8 Å². The minimum Gasteiger partial charge on any atom is -0.497 e. The van der Waals surface area contributed by atoms with E-state index in [4.69, 9.17) is 4.74 Å². The van der Waals surface area contributed by atoms with Crippen molar-refractivity contribution in [3.63, 3.8) is 0 Å². The Bertz CT molecular complexity index is 332. The van der Waals surface area contributed by atoms with Gasteiger partial charge in [0.1, 0.15) is 5.75 Å². The molecule has 18 heavy (non-hydrogen) atoms. The van der Waals surface area contributed by atoms with E-state index < -0.39 is 0 Å². The summed E-state index contributed by atoms with van der Waals surface area (Å²) in [6.07, 6.45) is 4.45. The van der Waals surface area contributed by atoms with Crippen LogP contribution in [0.3, 0.4) is 0 Å². The van der Waals surface area contributed by atoms with Crippen LogP contribution in [0.5, 0.6) is 5.75 Å². The van der Waals surface area contributed by atoms with Gasteiger partial charge >= 0.3 is 0 Å². The Hall–Kier alpha value is -1.02. The van der Waals surface area contributed by atoms with Gasteiger partial charge in [0.15, 0.2) is 0 Å². The molecule has 0 spiro atoms.